The number of benzene rings is 2. The number of hydrogen-bond acceptors (Lipinski definition) is 3. The molecule has 3 aromatic rings. The Balaban J connectivity index is 1.84. The molecule has 2 amide bonds. The maximum absolute atomic E-state index is 13.0. The van der Waals surface area contributed by atoms with Crippen molar-refractivity contribution in [2.45, 2.75) is 52.9 Å². The summed E-state index contributed by atoms with van der Waals surface area (Å²) in [6.45, 7) is 6.82. The van der Waals surface area contributed by atoms with Gasteiger partial charge in [-0.15, -0.1) is 0 Å². The molecule has 174 valence electrons. The number of hydrogen-bond donors (Lipinski definition) is 1. The summed E-state index contributed by atoms with van der Waals surface area (Å²) in [7, 11) is 0. The van der Waals surface area contributed by atoms with Crippen molar-refractivity contribution in [1.29, 1.82) is 0 Å². The van der Waals surface area contributed by atoms with Crippen LogP contribution in [0, 0.1) is 6.92 Å². The lowest BCUT2D eigenvalue weighted by molar-refractivity contribution is -0.134. The smallest absolute Gasteiger partial charge is 0.245 e. The minimum absolute atomic E-state index is 0.0393. The van der Waals surface area contributed by atoms with Gasteiger partial charge >= 0.3 is 0 Å². The van der Waals surface area contributed by atoms with Crippen LogP contribution >= 0.6 is 0 Å². The molecule has 2 aromatic carbocycles. The Bertz CT molecular complexity index is 1040. The lowest BCUT2D eigenvalue weighted by Crippen LogP contribution is -2.38. The summed E-state index contributed by atoms with van der Waals surface area (Å²) in [6.07, 6.45) is 4.12. The summed E-state index contributed by atoms with van der Waals surface area (Å²) in [5, 5.41) is 7.76. The van der Waals surface area contributed by atoms with Crippen LogP contribution in [0.4, 0.5) is 5.82 Å². The summed E-state index contributed by atoms with van der Waals surface area (Å²) in [6, 6.07) is 19.7. The van der Waals surface area contributed by atoms with E-state index in [0.717, 1.165) is 48.2 Å². The molecule has 0 aliphatic heterocycles. The first-order valence-corrected chi connectivity index (χ1v) is 11.8. The molecule has 0 bridgehead atoms. The lowest BCUT2D eigenvalue weighted by Gasteiger charge is -2.22. The molecule has 1 aromatic heterocycles. The second-order valence-corrected chi connectivity index (χ2v) is 8.35. The molecular formula is C27H34N4O2. The fourth-order valence-electron chi connectivity index (χ4n) is 3.59. The zero-order valence-electron chi connectivity index (χ0n) is 19.9. The number of aromatic nitrogens is 2. The van der Waals surface area contributed by atoms with Crippen molar-refractivity contribution < 1.29 is 9.59 Å². The number of carbonyl (C=O) groups is 2. The van der Waals surface area contributed by atoms with E-state index in [1.54, 1.807) is 9.58 Å². The Morgan fingerprint density at radius 2 is 1.67 bits per heavy atom. The Morgan fingerprint density at radius 3 is 2.33 bits per heavy atom. The van der Waals surface area contributed by atoms with Crippen LogP contribution in [0.3, 0.4) is 0 Å². The molecule has 0 unspecified atom stereocenters. The van der Waals surface area contributed by atoms with Crippen molar-refractivity contribution in [3.05, 3.63) is 66.2 Å². The third-order valence-corrected chi connectivity index (χ3v) is 5.54. The first-order valence-electron chi connectivity index (χ1n) is 11.8. The second kappa shape index (κ2) is 12.0. The Morgan fingerprint density at radius 1 is 0.970 bits per heavy atom. The van der Waals surface area contributed by atoms with E-state index < -0.39 is 0 Å². The number of nitrogens with one attached hydrogen (secondary N) is 1. The van der Waals surface area contributed by atoms with Gasteiger partial charge in [-0.2, -0.15) is 5.10 Å². The van der Waals surface area contributed by atoms with Crippen molar-refractivity contribution in [3.63, 3.8) is 0 Å². The molecule has 1 N–H and O–H groups in total. The van der Waals surface area contributed by atoms with Crippen LogP contribution in [0.25, 0.3) is 16.9 Å². The molecule has 0 aliphatic carbocycles. The summed E-state index contributed by atoms with van der Waals surface area (Å²) >= 11 is 0. The van der Waals surface area contributed by atoms with Crippen molar-refractivity contribution in [2.75, 3.05) is 18.4 Å². The zero-order valence-corrected chi connectivity index (χ0v) is 19.9. The quantitative estimate of drug-likeness (QED) is 0.417. The lowest BCUT2D eigenvalue weighted by atomic mass is 10.1. The largest absolute Gasteiger partial charge is 0.333 e. The number of rotatable bonds is 11. The van der Waals surface area contributed by atoms with Crippen LogP contribution in [-0.2, 0) is 9.59 Å². The van der Waals surface area contributed by atoms with Gasteiger partial charge in [-0.3, -0.25) is 9.59 Å². The molecule has 6 heteroatoms. The SMILES string of the molecule is CCCCC(=O)N(CCCC)CC(=O)Nc1cc(-c2ccccc2)nn1-c1ccc(C)cc1. The molecule has 0 aliphatic rings. The Kier molecular flexibility index (Phi) is 8.81. The molecule has 0 atom stereocenters. The molecular weight excluding hydrogens is 412 g/mol. The third kappa shape index (κ3) is 6.78. The molecule has 6 nitrogen and oxygen atoms in total. The first-order chi connectivity index (χ1) is 16.0. The molecule has 0 fully saturated rings. The number of amides is 2. The zero-order chi connectivity index (χ0) is 23.6. The van der Waals surface area contributed by atoms with E-state index in [0.29, 0.717) is 18.8 Å². The van der Waals surface area contributed by atoms with Gasteiger partial charge in [-0.25, -0.2) is 4.68 Å². The highest BCUT2D eigenvalue weighted by Gasteiger charge is 2.19. The van der Waals surface area contributed by atoms with Crippen molar-refractivity contribution in [1.82, 2.24) is 14.7 Å². The number of carbonyl (C=O) groups excluding carboxylic acids is 2. The monoisotopic (exact) mass is 446 g/mol. The highest BCUT2D eigenvalue weighted by atomic mass is 16.2. The van der Waals surface area contributed by atoms with Crippen LogP contribution < -0.4 is 5.32 Å². The molecule has 1 heterocycles. The average molecular weight is 447 g/mol. The van der Waals surface area contributed by atoms with Crippen molar-refractivity contribution in [3.8, 4) is 16.9 Å². The molecule has 3 rings (SSSR count). The van der Waals surface area contributed by atoms with E-state index in [2.05, 4.69) is 19.2 Å². The number of anilines is 1. The molecule has 0 saturated heterocycles. The van der Waals surface area contributed by atoms with Crippen LogP contribution in [-0.4, -0.2) is 39.6 Å². The highest BCUT2D eigenvalue weighted by molar-refractivity contribution is 5.94. The molecule has 0 spiro atoms. The highest BCUT2D eigenvalue weighted by Crippen LogP contribution is 2.25. The minimum Gasteiger partial charge on any atom is -0.333 e. The van der Waals surface area contributed by atoms with E-state index in [9.17, 15) is 9.59 Å². The minimum atomic E-state index is -0.219. The van der Waals surface area contributed by atoms with Gasteiger partial charge in [-0.1, -0.05) is 74.7 Å². The maximum Gasteiger partial charge on any atom is 0.245 e. The fourth-order valence-corrected chi connectivity index (χ4v) is 3.59. The van der Waals surface area contributed by atoms with E-state index in [-0.39, 0.29) is 18.4 Å². The number of nitrogens with zero attached hydrogens (tertiary/aromatic N) is 3. The van der Waals surface area contributed by atoms with Gasteiger partial charge in [-0.05, 0) is 31.9 Å². The van der Waals surface area contributed by atoms with Gasteiger partial charge in [0.05, 0.1) is 17.9 Å². The average Bonchev–Trinajstić information content (AvgIpc) is 3.24. The molecule has 0 saturated carbocycles. The predicted molar refractivity (Wildman–Crippen MR) is 133 cm³/mol. The van der Waals surface area contributed by atoms with Crippen LogP contribution in [0.1, 0.15) is 51.5 Å². The van der Waals surface area contributed by atoms with E-state index in [4.69, 9.17) is 5.10 Å². The van der Waals surface area contributed by atoms with E-state index in [1.165, 1.54) is 0 Å². The first kappa shape index (κ1) is 24.2. The second-order valence-electron chi connectivity index (χ2n) is 8.35. The summed E-state index contributed by atoms with van der Waals surface area (Å²) < 4.78 is 1.75. The predicted octanol–water partition coefficient (Wildman–Crippen LogP) is 5.61. The van der Waals surface area contributed by atoms with Gasteiger partial charge in [0.1, 0.15) is 5.82 Å². The third-order valence-electron chi connectivity index (χ3n) is 5.54. The van der Waals surface area contributed by atoms with E-state index >= 15 is 0 Å². The summed E-state index contributed by atoms with van der Waals surface area (Å²) in [5.41, 5.74) is 3.75. The topological polar surface area (TPSA) is 67.2 Å². The Labute approximate surface area is 196 Å². The van der Waals surface area contributed by atoms with Crippen molar-refractivity contribution >= 4 is 17.6 Å². The van der Waals surface area contributed by atoms with Crippen LogP contribution in [0.2, 0.25) is 0 Å². The van der Waals surface area contributed by atoms with Crippen LogP contribution in [0.5, 0.6) is 0 Å². The van der Waals surface area contributed by atoms with Gasteiger partial charge in [0, 0.05) is 24.6 Å². The Hall–Kier alpha value is -3.41. The van der Waals surface area contributed by atoms with Crippen molar-refractivity contribution in [2.24, 2.45) is 0 Å². The standard InChI is InChI=1S/C27H34N4O2/c1-4-6-13-27(33)30(18-7-5-2)20-26(32)28-25-19-24(22-11-9-8-10-12-22)29-31(25)23-16-14-21(3)15-17-23/h8-12,14-17,19H,4-7,13,18,20H2,1-3H3,(H,28,32). The van der Waals surface area contributed by atoms with Gasteiger partial charge < -0.3 is 10.2 Å². The molecule has 0 radical (unpaired) electrons. The van der Waals surface area contributed by atoms with Crippen LogP contribution in [0.15, 0.2) is 60.7 Å². The number of unbranched alkanes of at least 4 members (excludes halogenated alkanes) is 2. The van der Waals surface area contributed by atoms with E-state index in [1.807, 2.05) is 67.6 Å². The number of aryl methyl sites for hydroxylation is 1. The maximum atomic E-state index is 13.0. The van der Waals surface area contributed by atoms with Gasteiger partial charge in [0.25, 0.3) is 0 Å². The fraction of sp³-hybridized carbons (Fsp3) is 0.370. The normalized spacial score (nSPS) is 10.8. The van der Waals surface area contributed by atoms with Gasteiger partial charge in [0.2, 0.25) is 11.8 Å². The summed E-state index contributed by atoms with van der Waals surface area (Å²) in [5.74, 6) is 0.403. The molecule has 33 heavy (non-hydrogen) atoms. The summed E-state index contributed by atoms with van der Waals surface area (Å²) in [4.78, 5) is 27.3. The van der Waals surface area contributed by atoms with Gasteiger partial charge in [0.15, 0.2) is 0 Å².